The second kappa shape index (κ2) is 7.68. The van der Waals surface area contributed by atoms with Crippen LogP contribution in [0.1, 0.15) is 36.2 Å². The van der Waals surface area contributed by atoms with E-state index in [1.54, 1.807) is 24.7 Å². The van der Waals surface area contributed by atoms with Gasteiger partial charge in [0.05, 0.1) is 11.9 Å². The van der Waals surface area contributed by atoms with Crippen molar-refractivity contribution in [1.82, 2.24) is 19.9 Å². The third-order valence-corrected chi connectivity index (χ3v) is 5.11. The van der Waals surface area contributed by atoms with E-state index in [0.29, 0.717) is 24.8 Å². The van der Waals surface area contributed by atoms with Crippen molar-refractivity contribution in [3.8, 4) is 0 Å². The van der Waals surface area contributed by atoms with Crippen molar-refractivity contribution in [2.24, 2.45) is 0 Å². The van der Waals surface area contributed by atoms with Crippen molar-refractivity contribution >= 4 is 17.5 Å². The first-order chi connectivity index (χ1) is 12.8. The SMILES string of the molecule is O=C(c1ccc(NC2CCCC2)cn1)N1CCN(c2ncccn2)CC1. The molecule has 0 unspecified atom stereocenters. The highest BCUT2D eigenvalue weighted by molar-refractivity contribution is 5.92. The summed E-state index contributed by atoms with van der Waals surface area (Å²) in [5.41, 5.74) is 1.51. The van der Waals surface area contributed by atoms with Gasteiger partial charge in [0.15, 0.2) is 0 Å². The van der Waals surface area contributed by atoms with Crippen molar-refractivity contribution in [3.05, 3.63) is 42.5 Å². The Balaban J connectivity index is 1.33. The molecule has 7 heteroatoms. The third-order valence-electron chi connectivity index (χ3n) is 5.11. The maximum Gasteiger partial charge on any atom is 0.272 e. The minimum atomic E-state index is -0.00829. The minimum Gasteiger partial charge on any atom is -0.381 e. The van der Waals surface area contributed by atoms with Gasteiger partial charge in [-0.2, -0.15) is 0 Å². The van der Waals surface area contributed by atoms with Gasteiger partial charge in [-0.05, 0) is 31.0 Å². The lowest BCUT2D eigenvalue weighted by Gasteiger charge is -2.34. The highest BCUT2D eigenvalue weighted by atomic mass is 16.2. The van der Waals surface area contributed by atoms with E-state index in [1.807, 2.05) is 17.0 Å². The van der Waals surface area contributed by atoms with Gasteiger partial charge in [0.25, 0.3) is 5.91 Å². The Morgan fingerprint density at radius 2 is 1.73 bits per heavy atom. The van der Waals surface area contributed by atoms with E-state index in [1.165, 1.54) is 25.7 Å². The van der Waals surface area contributed by atoms with Gasteiger partial charge in [0.2, 0.25) is 5.95 Å². The molecule has 1 N–H and O–H groups in total. The number of carbonyl (C=O) groups is 1. The predicted octanol–water partition coefficient (Wildman–Crippen LogP) is 2.19. The van der Waals surface area contributed by atoms with Crippen LogP contribution in [0.25, 0.3) is 0 Å². The van der Waals surface area contributed by atoms with Crippen LogP contribution in [0.5, 0.6) is 0 Å². The van der Waals surface area contributed by atoms with E-state index >= 15 is 0 Å². The van der Waals surface area contributed by atoms with Crippen molar-refractivity contribution in [3.63, 3.8) is 0 Å². The maximum absolute atomic E-state index is 12.7. The zero-order valence-corrected chi connectivity index (χ0v) is 14.8. The molecule has 1 aliphatic carbocycles. The maximum atomic E-state index is 12.7. The first-order valence-electron chi connectivity index (χ1n) is 9.33. The molecule has 4 rings (SSSR count). The average Bonchev–Trinajstić information content (AvgIpc) is 3.22. The molecule has 0 spiro atoms. The molecule has 1 aliphatic heterocycles. The molecule has 0 atom stereocenters. The fourth-order valence-electron chi connectivity index (χ4n) is 3.64. The monoisotopic (exact) mass is 352 g/mol. The summed E-state index contributed by atoms with van der Waals surface area (Å²) in [5, 5.41) is 3.50. The van der Waals surface area contributed by atoms with Gasteiger partial charge in [-0.15, -0.1) is 0 Å². The van der Waals surface area contributed by atoms with Gasteiger partial charge in [0.1, 0.15) is 5.69 Å². The number of piperazine rings is 1. The molecular weight excluding hydrogens is 328 g/mol. The summed E-state index contributed by atoms with van der Waals surface area (Å²) in [5.74, 6) is 0.714. The Labute approximate surface area is 153 Å². The fraction of sp³-hybridized carbons (Fsp3) is 0.474. The Bertz CT molecular complexity index is 721. The van der Waals surface area contributed by atoms with E-state index in [4.69, 9.17) is 0 Å². The summed E-state index contributed by atoms with van der Waals surface area (Å²) in [4.78, 5) is 29.6. The van der Waals surface area contributed by atoms with Crippen LogP contribution in [-0.4, -0.2) is 58.0 Å². The minimum absolute atomic E-state index is 0.00829. The zero-order chi connectivity index (χ0) is 17.8. The zero-order valence-electron chi connectivity index (χ0n) is 14.8. The molecule has 2 fully saturated rings. The Hall–Kier alpha value is -2.70. The van der Waals surface area contributed by atoms with Gasteiger partial charge in [-0.3, -0.25) is 4.79 Å². The molecule has 26 heavy (non-hydrogen) atoms. The second-order valence-corrected chi connectivity index (χ2v) is 6.89. The van der Waals surface area contributed by atoms with Crippen molar-refractivity contribution in [2.45, 2.75) is 31.7 Å². The molecular formula is C19H24N6O. The predicted molar refractivity (Wildman–Crippen MR) is 100 cm³/mol. The van der Waals surface area contributed by atoms with Crippen LogP contribution < -0.4 is 10.2 Å². The molecule has 0 aromatic carbocycles. The lowest BCUT2D eigenvalue weighted by Crippen LogP contribution is -2.49. The smallest absolute Gasteiger partial charge is 0.272 e. The number of carbonyl (C=O) groups excluding carboxylic acids is 1. The van der Waals surface area contributed by atoms with Gasteiger partial charge < -0.3 is 15.1 Å². The van der Waals surface area contributed by atoms with Gasteiger partial charge >= 0.3 is 0 Å². The van der Waals surface area contributed by atoms with E-state index in [9.17, 15) is 4.79 Å². The summed E-state index contributed by atoms with van der Waals surface area (Å²) in [6.07, 6.45) is 10.3. The number of anilines is 2. The summed E-state index contributed by atoms with van der Waals surface area (Å²) >= 11 is 0. The number of pyridine rings is 1. The van der Waals surface area contributed by atoms with Gasteiger partial charge in [-0.25, -0.2) is 15.0 Å². The van der Waals surface area contributed by atoms with Crippen LogP contribution in [0.3, 0.4) is 0 Å². The number of hydrogen-bond acceptors (Lipinski definition) is 6. The van der Waals surface area contributed by atoms with Crippen LogP contribution in [0.15, 0.2) is 36.8 Å². The molecule has 1 amide bonds. The standard InChI is InChI=1S/C19H24N6O/c26-18(17-7-6-16(14-22-17)23-15-4-1-2-5-15)24-10-12-25(13-11-24)19-20-8-3-9-21-19/h3,6-9,14-15,23H,1-2,4-5,10-13H2. The van der Waals surface area contributed by atoms with E-state index in [2.05, 4.69) is 25.2 Å². The van der Waals surface area contributed by atoms with E-state index in [-0.39, 0.29) is 5.91 Å². The molecule has 1 saturated heterocycles. The van der Waals surface area contributed by atoms with Crippen LogP contribution >= 0.6 is 0 Å². The van der Waals surface area contributed by atoms with Gasteiger partial charge in [-0.1, -0.05) is 12.8 Å². The van der Waals surface area contributed by atoms with Crippen molar-refractivity contribution in [1.29, 1.82) is 0 Å². The molecule has 0 bridgehead atoms. The van der Waals surface area contributed by atoms with Crippen LogP contribution in [0, 0.1) is 0 Å². The van der Waals surface area contributed by atoms with E-state index < -0.39 is 0 Å². The molecule has 2 aliphatic rings. The summed E-state index contributed by atoms with van der Waals surface area (Å²) in [6, 6.07) is 6.14. The molecule has 2 aromatic heterocycles. The Kier molecular flexibility index (Phi) is 4.95. The molecule has 0 radical (unpaired) electrons. The summed E-state index contributed by atoms with van der Waals surface area (Å²) < 4.78 is 0. The number of hydrogen-bond donors (Lipinski definition) is 1. The highest BCUT2D eigenvalue weighted by Gasteiger charge is 2.24. The number of rotatable bonds is 4. The van der Waals surface area contributed by atoms with Crippen LogP contribution in [0.4, 0.5) is 11.6 Å². The lowest BCUT2D eigenvalue weighted by molar-refractivity contribution is 0.0740. The molecule has 2 aromatic rings. The number of nitrogens with zero attached hydrogens (tertiary/aromatic N) is 5. The highest BCUT2D eigenvalue weighted by Crippen LogP contribution is 2.22. The number of amides is 1. The van der Waals surface area contributed by atoms with Crippen LogP contribution in [0.2, 0.25) is 0 Å². The average molecular weight is 352 g/mol. The topological polar surface area (TPSA) is 74.2 Å². The van der Waals surface area contributed by atoms with E-state index in [0.717, 1.165) is 24.7 Å². The summed E-state index contributed by atoms with van der Waals surface area (Å²) in [6.45, 7) is 2.77. The first kappa shape index (κ1) is 16.8. The lowest BCUT2D eigenvalue weighted by atomic mass is 10.2. The second-order valence-electron chi connectivity index (χ2n) is 6.89. The molecule has 1 saturated carbocycles. The Morgan fingerprint density at radius 1 is 1.00 bits per heavy atom. The van der Waals surface area contributed by atoms with Crippen molar-refractivity contribution in [2.75, 3.05) is 36.4 Å². The van der Waals surface area contributed by atoms with Crippen molar-refractivity contribution < 1.29 is 4.79 Å². The molecule has 136 valence electrons. The number of aromatic nitrogens is 3. The Morgan fingerprint density at radius 3 is 2.38 bits per heavy atom. The largest absolute Gasteiger partial charge is 0.381 e. The molecule has 3 heterocycles. The van der Waals surface area contributed by atoms with Crippen LogP contribution in [-0.2, 0) is 0 Å². The third kappa shape index (κ3) is 3.76. The molecule has 7 nitrogen and oxygen atoms in total. The van der Waals surface area contributed by atoms with Gasteiger partial charge in [0, 0.05) is 44.6 Å². The first-order valence-corrected chi connectivity index (χ1v) is 9.33. The summed E-state index contributed by atoms with van der Waals surface area (Å²) in [7, 11) is 0. The quantitative estimate of drug-likeness (QED) is 0.909. The number of nitrogens with one attached hydrogen (secondary N) is 1. The fourth-order valence-corrected chi connectivity index (χ4v) is 3.64. The normalized spacial score (nSPS) is 18.2.